The number of methoxy groups -OCH3 is 1. The van der Waals surface area contributed by atoms with Crippen LogP contribution in [0.25, 0.3) is 0 Å². The van der Waals surface area contributed by atoms with Gasteiger partial charge in [0.1, 0.15) is 0 Å². The highest BCUT2D eigenvalue weighted by molar-refractivity contribution is 5.68. The molecule has 1 rings (SSSR count). The Balaban J connectivity index is 2.39. The molecular weight excluding hydrogens is 254 g/mol. The molecule has 0 spiro atoms. The Morgan fingerprint density at radius 3 is 2.90 bits per heavy atom. The summed E-state index contributed by atoms with van der Waals surface area (Å²) in [7, 11) is 1.39. The van der Waals surface area contributed by atoms with Crippen molar-refractivity contribution in [3.8, 4) is 6.07 Å². The SMILES string of the molecule is COC(=O)CCCCC(CO)Cc1cccc(C#N)c1. The van der Waals surface area contributed by atoms with Crippen LogP contribution in [0.4, 0.5) is 0 Å². The van der Waals surface area contributed by atoms with Crippen LogP contribution in [0.5, 0.6) is 0 Å². The number of carbonyl (C=O) groups is 1. The molecule has 1 unspecified atom stereocenters. The lowest BCUT2D eigenvalue weighted by Gasteiger charge is -2.14. The quantitative estimate of drug-likeness (QED) is 0.584. The second-order valence-corrected chi connectivity index (χ2v) is 4.89. The van der Waals surface area contributed by atoms with Crippen LogP contribution < -0.4 is 0 Å². The largest absolute Gasteiger partial charge is 0.469 e. The van der Waals surface area contributed by atoms with E-state index in [2.05, 4.69) is 10.8 Å². The second-order valence-electron chi connectivity index (χ2n) is 4.89. The molecule has 20 heavy (non-hydrogen) atoms. The van der Waals surface area contributed by atoms with Gasteiger partial charge in [0.15, 0.2) is 0 Å². The smallest absolute Gasteiger partial charge is 0.305 e. The molecule has 0 heterocycles. The molecule has 4 heteroatoms. The zero-order valence-corrected chi connectivity index (χ0v) is 11.8. The minimum atomic E-state index is -0.188. The minimum Gasteiger partial charge on any atom is -0.469 e. The summed E-state index contributed by atoms with van der Waals surface area (Å²) in [4.78, 5) is 11.0. The van der Waals surface area contributed by atoms with E-state index in [4.69, 9.17) is 5.26 Å². The minimum absolute atomic E-state index is 0.120. The van der Waals surface area contributed by atoms with Gasteiger partial charge in [-0.05, 0) is 42.9 Å². The van der Waals surface area contributed by atoms with E-state index in [-0.39, 0.29) is 18.5 Å². The van der Waals surface area contributed by atoms with E-state index in [0.29, 0.717) is 12.0 Å². The molecule has 0 amide bonds. The number of aliphatic hydroxyl groups is 1. The average molecular weight is 275 g/mol. The first kappa shape index (κ1) is 16.2. The van der Waals surface area contributed by atoms with E-state index < -0.39 is 0 Å². The highest BCUT2D eigenvalue weighted by Crippen LogP contribution is 2.16. The van der Waals surface area contributed by atoms with Crippen LogP contribution in [0.2, 0.25) is 0 Å². The van der Waals surface area contributed by atoms with Gasteiger partial charge >= 0.3 is 5.97 Å². The van der Waals surface area contributed by atoms with Gasteiger partial charge in [-0.1, -0.05) is 18.6 Å². The predicted octanol–water partition coefficient (Wildman–Crippen LogP) is 2.44. The Morgan fingerprint density at radius 1 is 1.45 bits per heavy atom. The van der Waals surface area contributed by atoms with E-state index >= 15 is 0 Å². The Morgan fingerprint density at radius 2 is 2.25 bits per heavy atom. The highest BCUT2D eigenvalue weighted by atomic mass is 16.5. The molecule has 0 saturated heterocycles. The predicted molar refractivity (Wildman–Crippen MR) is 75.9 cm³/mol. The third kappa shape index (κ3) is 5.85. The fourth-order valence-corrected chi connectivity index (χ4v) is 2.16. The van der Waals surface area contributed by atoms with Gasteiger partial charge in [-0.15, -0.1) is 0 Å². The molecule has 1 N–H and O–H groups in total. The molecule has 108 valence electrons. The number of rotatable bonds is 8. The van der Waals surface area contributed by atoms with Crippen LogP contribution in [0, 0.1) is 17.2 Å². The number of ether oxygens (including phenoxy) is 1. The maximum Gasteiger partial charge on any atom is 0.305 e. The highest BCUT2D eigenvalue weighted by Gasteiger charge is 2.10. The number of nitrogens with zero attached hydrogens (tertiary/aromatic N) is 1. The number of unbranched alkanes of at least 4 members (excludes halogenated alkanes) is 1. The molecule has 0 aliphatic heterocycles. The van der Waals surface area contributed by atoms with Crippen molar-refractivity contribution in [2.24, 2.45) is 5.92 Å². The lowest BCUT2D eigenvalue weighted by atomic mass is 9.94. The average Bonchev–Trinajstić information content (AvgIpc) is 2.50. The summed E-state index contributed by atoms with van der Waals surface area (Å²) >= 11 is 0. The van der Waals surface area contributed by atoms with Crippen LogP contribution in [-0.4, -0.2) is 24.8 Å². The second kappa shape index (κ2) is 9.11. The van der Waals surface area contributed by atoms with E-state index in [1.807, 2.05) is 18.2 Å². The lowest BCUT2D eigenvalue weighted by molar-refractivity contribution is -0.140. The van der Waals surface area contributed by atoms with Gasteiger partial charge in [0.25, 0.3) is 0 Å². The summed E-state index contributed by atoms with van der Waals surface area (Å²) in [6, 6.07) is 9.58. The fraction of sp³-hybridized carbons (Fsp3) is 0.500. The normalized spacial score (nSPS) is 11.7. The molecule has 0 aliphatic carbocycles. The maximum absolute atomic E-state index is 11.0. The van der Waals surface area contributed by atoms with Crippen LogP contribution in [0.1, 0.15) is 36.8 Å². The number of hydrogen-bond donors (Lipinski definition) is 1. The van der Waals surface area contributed by atoms with Gasteiger partial charge in [-0.25, -0.2) is 0 Å². The number of hydrogen-bond acceptors (Lipinski definition) is 4. The van der Waals surface area contributed by atoms with Crippen molar-refractivity contribution in [2.75, 3.05) is 13.7 Å². The number of nitriles is 1. The molecule has 4 nitrogen and oxygen atoms in total. The van der Waals surface area contributed by atoms with Crippen LogP contribution >= 0.6 is 0 Å². The third-order valence-electron chi connectivity index (χ3n) is 3.31. The zero-order chi connectivity index (χ0) is 14.8. The molecule has 0 radical (unpaired) electrons. The molecule has 0 aromatic heterocycles. The lowest BCUT2D eigenvalue weighted by Crippen LogP contribution is -2.10. The standard InChI is InChI=1S/C16H21NO3/c1-20-16(19)8-3-2-5-15(12-18)10-13-6-4-7-14(9-13)11-17/h4,6-7,9,15,18H,2-3,5,8,10,12H2,1H3. The first-order valence-corrected chi connectivity index (χ1v) is 6.86. The molecular formula is C16H21NO3. The maximum atomic E-state index is 11.0. The van der Waals surface area contributed by atoms with Crippen LogP contribution in [0.15, 0.2) is 24.3 Å². The van der Waals surface area contributed by atoms with Crippen LogP contribution in [-0.2, 0) is 16.0 Å². The van der Waals surface area contributed by atoms with Crippen molar-refractivity contribution in [1.82, 2.24) is 0 Å². The molecule has 1 atom stereocenters. The van der Waals surface area contributed by atoms with Crippen LogP contribution in [0.3, 0.4) is 0 Å². The molecule has 0 fully saturated rings. The Kier molecular flexibility index (Phi) is 7.38. The monoisotopic (exact) mass is 275 g/mol. The van der Waals surface area contributed by atoms with Crippen molar-refractivity contribution >= 4 is 5.97 Å². The first-order valence-electron chi connectivity index (χ1n) is 6.86. The summed E-state index contributed by atoms with van der Waals surface area (Å²) in [5, 5.41) is 18.3. The van der Waals surface area contributed by atoms with Gasteiger partial charge in [-0.2, -0.15) is 5.26 Å². The fourth-order valence-electron chi connectivity index (χ4n) is 2.16. The van der Waals surface area contributed by atoms with E-state index in [1.165, 1.54) is 7.11 Å². The molecule has 0 bridgehead atoms. The third-order valence-corrected chi connectivity index (χ3v) is 3.31. The molecule has 1 aromatic carbocycles. The zero-order valence-electron chi connectivity index (χ0n) is 11.8. The van der Waals surface area contributed by atoms with Gasteiger partial charge in [0.2, 0.25) is 0 Å². The molecule has 1 aromatic rings. The topological polar surface area (TPSA) is 70.3 Å². The van der Waals surface area contributed by atoms with Crippen molar-refractivity contribution in [3.05, 3.63) is 35.4 Å². The number of carbonyl (C=O) groups excluding carboxylic acids is 1. The summed E-state index contributed by atoms with van der Waals surface area (Å²) in [6.07, 6.45) is 3.72. The molecule has 0 saturated carbocycles. The first-order chi connectivity index (χ1) is 9.69. The van der Waals surface area contributed by atoms with Gasteiger partial charge in [0.05, 0.1) is 18.7 Å². The Bertz CT molecular complexity index is 465. The van der Waals surface area contributed by atoms with Crippen molar-refractivity contribution in [3.63, 3.8) is 0 Å². The number of esters is 1. The van der Waals surface area contributed by atoms with Gasteiger partial charge in [0, 0.05) is 13.0 Å². The van der Waals surface area contributed by atoms with Gasteiger partial charge < -0.3 is 9.84 Å². The van der Waals surface area contributed by atoms with Crippen molar-refractivity contribution < 1.29 is 14.6 Å². The summed E-state index contributed by atoms with van der Waals surface area (Å²) in [5.74, 6) is -0.0196. The van der Waals surface area contributed by atoms with Crippen molar-refractivity contribution in [2.45, 2.75) is 32.1 Å². The van der Waals surface area contributed by atoms with E-state index in [9.17, 15) is 9.90 Å². The Hall–Kier alpha value is -1.86. The Labute approximate surface area is 120 Å². The summed E-state index contributed by atoms with van der Waals surface area (Å²) in [5.41, 5.74) is 1.71. The summed E-state index contributed by atoms with van der Waals surface area (Å²) < 4.78 is 4.59. The van der Waals surface area contributed by atoms with E-state index in [0.717, 1.165) is 31.2 Å². The summed E-state index contributed by atoms with van der Waals surface area (Å²) in [6.45, 7) is 0.120. The van der Waals surface area contributed by atoms with E-state index in [1.54, 1.807) is 6.07 Å². The van der Waals surface area contributed by atoms with Gasteiger partial charge in [-0.3, -0.25) is 4.79 Å². The number of aliphatic hydroxyl groups excluding tert-OH is 1. The van der Waals surface area contributed by atoms with Crippen molar-refractivity contribution in [1.29, 1.82) is 5.26 Å². The number of benzene rings is 1. The molecule has 0 aliphatic rings.